The van der Waals surface area contributed by atoms with E-state index in [1.807, 2.05) is 18.2 Å². The summed E-state index contributed by atoms with van der Waals surface area (Å²) >= 11 is 4.02. The molecule has 1 nitrogen and oxygen atoms in total. The van der Waals surface area contributed by atoms with Gasteiger partial charge in [-0.2, -0.15) is 0 Å². The van der Waals surface area contributed by atoms with Gasteiger partial charge in [-0.15, -0.1) is 0 Å². The van der Waals surface area contributed by atoms with Gasteiger partial charge in [-0.05, 0) is 0 Å². The Bertz CT molecular complexity index is 142. The third-order valence-electron chi connectivity index (χ3n) is 0.616. The van der Waals surface area contributed by atoms with Gasteiger partial charge in [0, 0.05) is 21.1 Å². The normalized spacial score (nSPS) is 7.75. The Morgan fingerprint density at radius 3 is 2.38 bits per heavy atom. The number of aromatic nitrogens is 1. The molecule has 0 radical (unpaired) electrons. The van der Waals surface area contributed by atoms with Gasteiger partial charge >= 0.3 is 49.7 Å². The van der Waals surface area contributed by atoms with Crippen molar-refractivity contribution in [3.05, 3.63) is 24.4 Å². The molecule has 0 fully saturated rings. The van der Waals surface area contributed by atoms with E-state index in [0.29, 0.717) is 0 Å². The van der Waals surface area contributed by atoms with Crippen LogP contribution in [0.5, 0.6) is 0 Å². The van der Waals surface area contributed by atoms with Crippen molar-refractivity contribution in [1.29, 1.82) is 0 Å². The van der Waals surface area contributed by atoms with Crippen molar-refractivity contribution in [2.75, 3.05) is 0 Å². The topological polar surface area (TPSA) is 12.9 Å². The van der Waals surface area contributed by atoms with E-state index in [-0.39, 0.29) is 21.1 Å². The van der Waals surface area contributed by atoms with Crippen LogP contribution in [-0.4, -0.2) is 4.98 Å². The average molecular weight is 321 g/mol. The molecule has 1 rings (SSSR count). The number of pyridine rings is 1. The van der Waals surface area contributed by atoms with Crippen LogP contribution in [0.3, 0.4) is 0 Å². The van der Waals surface area contributed by atoms with Crippen LogP contribution in [0.25, 0.3) is 0 Å². The van der Waals surface area contributed by atoms with Crippen LogP contribution in [0.1, 0.15) is 0 Å². The van der Waals surface area contributed by atoms with E-state index in [2.05, 4.69) is 20.7 Å². The van der Waals surface area contributed by atoms with Gasteiger partial charge in [-0.25, -0.2) is 0 Å². The first kappa shape index (κ1) is 8.34. The fourth-order valence-electron chi connectivity index (χ4n) is 0.334. The Morgan fingerprint density at radius 1 is 1.38 bits per heavy atom. The van der Waals surface area contributed by atoms with Crippen LogP contribution in [0.2, 0.25) is 0 Å². The zero-order chi connectivity index (χ0) is 5.11. The second-order valence-corrected chi connectivity index (χ2v) is 1.66. The van der Waals surface area contributed by atoms with E-state index >= 15 is 0 Å². The van der Waals surface area contributed by atoms with Gasteiger partial charge in [0.1, 0.15) is 0 Å². The van der Waals surface area contributed by atoms with E-state index in [4.69, 9.17) is 0 Å². The van der Waals surface area contributed by atoms with Crippen LogP contribution in [0.4, 0.5) is 0 Å². The molecule has 8 heavy (non-hydrogen) atoms. The molecule has 0 saturated carbocycles. The summed E-state index contributed by atoms with van der Waals surface area (Å²) in [7, 11) is 0. The van der Waals surface area contributed by atoms with Gasteiger partial charge < -0.3 is 0 Å². The molecule has 0 aromatic carbocycles. The third kappa shape index (κ3) is 2.60. The number of nitrogens with zero attached hydrogens (tertiary/aromatic N) is 1. The average Bonchev–Trinajstić information content (AvgIpc) is 1.69. The molecule has 0 aliphatic rings. The first-order valence-electron chi connectivity index (χ1n) is 1.94. The first-order valence-corrected chi connectivity index (χ1v) is 2.46. The molecule has 0 atom stereocenters. The largest absolute Gasteiger partial charge is 0 e. The van der Waals surface area contributed by atoms with Gasteiger partial charge in [-0.1, -0.05) is 0 Å². The molecule has 0 amide bonds. The molecule has 44 valence electrons. The summed E-state index contributed by atoms with van der Waals surface area (Å²) in [6.45, 7) is 0. The van der Waals surface area contributed by atoms with Crippen molar-refractivity contribution in [2.24, 2.45) is 0 Å². The summed E-state index contributed by atoms with van der Waals surface area (Å²) in [6.07, 6.45) is 1.71. The molecular weight excluding hydrogens is 317 g/mol. The van der Waals surface area contributed by atoms with Crippen molar-refractivity contribution in [3.63, 3.8) is 0 Å². The van der Waals surface area contributed by atoms with Crippen molar-refractivity contribution in [1.82, 2.24) is 4.98 Å². The number of hydrogen-bond donors (Lipinski definition) is 0. The monoisotopic (exact) mass is 321 g/mol. The maximum Gasteiger partial charge on any atom is 0 e. The molecule has 0 unspecified atom stereocenters. The van der Waals surface area contributed by atoms with E-state index in [9.17, 15) is 0 Å². The van der Waals surface area contributed by atoms with Crippen LogP contribution in [-0.2, 0) is 36.8 Å². The van der Waals surface area contributed by atoms with E-state index in [0.717, 1.165) is 4.63 Å². The second kappa shape index (κ2) is 4.25. The predicted octanol–water partition coefficient (Wildman–Crippen LogP) is 0.251. The summed E-state index contributed by atoms with van der Waals surface area (Å²) in [5, 5.41) is 0. The van der Waals surface area contributed by atoms with Gasteiger partial charge in [0.05, 0.1) is 0 Å². The van der Waals surface area contributed by atoms with E-state index in [1.165, 1.54) is 0 Å². The number of rotatable bonds is 0. The predicted molar refractivity (Wildman–Crippen MR) is 23.9 cm³/mol. The molecule has 0 saturated heterocycles. The minimum atomic E-state index is 0. The Kier molecular flexibility index (Phi) is 4.43. The van der Waals surface area contributed by atoms with Crippen LogP contribution in [0, 0.1) is 0 Å². The Hall–Kier alpha value is 0.345. The Labute approximate surface area is 70.7 Å². The Morgan fingerprint density at radius 2 is 2.12 bits per heavy atom. The maximum atomic E-state index is 4.02. The van der Waals surface area contributed by atoms with Crippen LogP contribution in [0.15, 0.2) is 24.4 Å². The van der Waals surface area contributed by atoms with Gasteiger partial charge in [0.25, 0.3) is 0 Å². The standard InChI is InChI=1S/C5H4N.Co.W/c1-2-4-6-5-3-1;;/h1-4H;;. The van der Waals surface area contributed by atoms with E-state index < -0.39 is 0 Å². The first-order chi connectivity index (χ1) is 3.39. The molecule has 0 aliphatic carbocycles. The van der Waals surface area contributed by atoms with Gasteiger partial charge in [0.15, 0.2) is 0 Å². The molecular formula is C5H4CoNW. The summed E-state index contributed by atoms with van der Waals surface area (Å²) in [6, 6.07) is 5.59. The molecule has 0 aliphatic heterocycles. The molecule has 0 N–H and O–H groups in total. The zero-order valence-electron chi connectivity index (χ0n) is 4.00. The smallest absolute Gasteiger partial charge is 0 e. The van der Waals surface area contributed by atoms with Crippen molar-refractivity contribution >= 4 is 4.63 Å². The minimum absolute atomic E-state index is 0. The molecule has 1 aromatic heterocycles. The fraction of sp³-hybridized carbons (Fsp3) is 0. The maximum absolute atomic E-state index is 4.02. The molecule has 0 bridgehead atoms. The van der Waals surface area contributed by atoms with Crippen LogP contribution < -0.4 is 4.63 Å². The summed E-state index contributed by atoms with van der Waals surface area (Å²) < 4.78 is 0.759. The van der Waals surface area contributed by atoms with E-state index in [1.54, 1.807) is 6.20 Å². The summed E-state index contributed by atoms with van der Waals surface area (Å²) in [5.41, 5.74) is 0. The second-order valence-electron chi connectivity index (χ2n) is 1.13. The van der Waals surface area contributed by atoms with Gasteiger partial charge in [0.2, 0.25) is 0 Å². The molecule has 3 heteroatoms. The number of hydrogen-bond acceptors (Lipinski definition) is 1. The molecule has 1 heterocycles. The van der Waals surface area contributed by atoms with Gasteiger partial charge in [-0.3, -0.25) is 0 Å². The third-order valence-corrected chi connectivity index (χ3v) is 0.924. The molecule has 0 spiro atoms. The SMILES string of the molecule is [Co][c]1ccccn1.[W]. The summed E-state index contributed by atoms with van der Waals surface area (Å²) in [5.74, 6) is 0. The van der Waals surface area contributed by atoms with Crippen molar-refractivity contribution in [2.45, 2.75) is 0 Å². The fourth-order valence-corrected chi connectivity index (χ4v) is 0.512. The van der Waals surface area contributed by atoms with Crippen LogP contribution >= 0.6 is 0 Å². The minimum Gasteiger partial charge on any atom is 0 e. The molecule has 1 aromatic rings. The van der Waals surface area contributed by atoms with Crippen molar-refractivity contribution < 1.29 is 36.8 Å². The Balaban J connectivity index is 0.000000490. The summed E-state index contributed by atoms with van der Waals surface area (Å²) in [4.78, 5) is 3.84. The zero-order valence-corrected chi connectivity index (χ0v) is 7.97. The quantitative estimate of drug-likeness (QED) is 0.668. The van der Waals surface area contributed by atoms with Crippen molar-refractivity contribution in [3.8, 4) is 0 Å².